The molecule has 0 radical (unpaired) electrons. The smallest absolute Gasteiger partial charge is 0.338 e. The Bertz CT molecular complexity index is 1260. The number of methoxy groups -OCH3 is 1. The van der Waals surface area contributed by atoms with E-state index >= 15 is 0 Å². The van der Waals surface area contributed by atoms with Crippen molar-refractivity contribution in [1.82, 2.24) is 20.4 Å². The first-order valence-electron chi connectivity index (χ1n) is 11.1. The van der Waals surface area contributed by atoms with E-state index < -0.39 is 18.0 Å². The highest BCUT2D eigenvalue weighted by Gasteiger charge is 2.35. The number of para-hydroxylation sites is 1. The highest BCUT2D eigenvalue weighted by atomic mass is 16.5. The van der Waals surface area contributed by atoms with Crippen LogP contribution in [0.1, 0.15) is 37.9 Å². The highest BCUT2D eigenvalue weighted by Crippen LogP contribution is 2.36. The van der Waals surface area contributed by atoms with Gasteiger partial charge in [-0.15, -0.1) is 0 Å². The number of ether oxygens (including phenoxy) is 2. The number of carbonyl (C=O) groups excluding carboxylic acids is 2. The summed E-state index contributed by atoms with van der Waals surface area (Å²) >= 11 is 0. The molecule has 2 aromatic carbocycles. The third-order valence-corrected chi connectivity index (χ3v) is 5.57. The predicted molar refractivity (Wildman–Crippen MR) is 129 cm³/mol. The van der Waals surface area contributed by atoms with E-state index in [0.29, 0.717) is 22.5 Å². The maximum absolute atomic E-state index is 13.1. The Labute approximate surface area is 198 Å². The molecule has 8 nitrogen and oxygen atoms in total. The topological polar surface area (TPSA) is 94.5 Å². The number of esters is 1. The minimum Gasteiger partial charge on any atom is -0.496 e. The Hall–Kier alpha value is -4.07. The third-order valence-electron chi connectivity index (χ3n) is 5.57. The average Bonchev–Trinajstić information content (AvgIpc) is 3.24. The molecule has 0 fully saturated rings. The predicted octanol–water partition coefficient (Wildman–Crippen LogP) is 4.44. The van der Waals surface area contributed by atoms with Crippen molar-refractivity contribution >= 4 is 12.0 Å². The van der Waals surface area contributed by atoms with Crippen molar-refractivity contribution in [2.75, 3.05) is 7.11 Å². The van der Waals surface area contributed by atoms with E-state index in [-0.39, 0.29) is 6.10 Å². The van der Waals surface area contributed by atoms with E-state index in [2.05, 4.69) is 10.6 Å². The second-order valence-corrected chi connectivity index (χ2v) is 8.42. The summed E-state index contributed by atoms with van der Waals surface area (Å²) in [5.74, 6) is 0.272. The molecule has 0 saturated carbocycles. The highest BCUT2D eigenvalue weighted by molar-refractivity contribution is 5.95. The standard InChI is InChI=1S/C26H28N4O4/c1-15(2)34-25(31)22-17(4)27-26(32)28-24(22)20-14-30(19-9-7-6-8-10-19)29-23(20)18-11-12-21(33-5)16(3)13-18/h6-15,24H,1-5H3,(H2,27,28,32)/t24-/m1/s1. The van der Waals surface area contributed by atoms with Crippen LogP contribution >= 0.6 is 0 Å². The van der Waals surface area contributed by atoms with Crippen LogP contribution in [0.25, 0.3) is 16.9 Å². The Kier molecular flexibility index (Phi) is 6.40. The van der Waals surface area contributed by atoms with Gasteiger partial charge in [0.25, 0.3) is 0 Å². The normalized spacial score (nSPS) is 15.7. The maximum Gasteiger partial charge on any atom is 0.338 e. The van der Waals surface area contributed by atoms with Crippen molar-refractivity contribution in [3.8, 4) is 22.7 Å². The number of hydrogen-bond acceptors (Lipinski definition) is 5. The van der Waals surface area contributed by atoms with E-state index in [1.165, 1.54) is 0 Å². The second-order valence-electron chi connectivity index (χ2n) is 8.42. The van der Waals surface area contributed by atoms with Gasteiger partial charge in [0.05, 0.1) is 36.2 Å². The van der Waals surface area contributed by atoms with Crippen molar-refractivity contribution in [3.63, 3.8) is 0 Å². The summed E-state index contributed by atoms with van der Waals surface area (Å²) in [5, 5.41) is 10.4. The van der Waals surface area contributed by atoms with Gasteiger partial charge >= 0.3 is 12.0 Å². The molecule has 2 amide bonds. The molecule has 0 bridgehead atoms. The first-order valence-corrected chi connectivity index (χ1v) is 11.1. The molecule has 176 valence electrons. The van der Waals surface area contributed by atoms with Gasteiger partial charge in [-0.05, 0) is 63.6 Å². The van der Waals surface area contributed by atoms with E-state index in [1.54, 1.807) is 32.6 Å². The molecule has 4 rings (SSSR count). The number of benzene rings is 2. The lowest BCUT2D eigenvalue weighted by Crippen LogP contribution is -2.45. The van der Waals surface area contributed by atoms with Gasteiger partial charge in [-0.3, -0.25) is 0 Å². The fourth-order valence-corrected chi connectivity index (χ4v) is 4.04. The van der Waals surface area contributed by atoms with Crippen LogP contribution in [0.3, 0.4) is 0 Å². The molecule has 0 unspecified atom stereocenters. The molecule has 1 aliphatic rings. The summed E-state index contributed by atoms with van der Waals surface area (Å²) in [6.45, 7) is 7.23. The summed E-state index contributed by atoms with van der Waals surface area (Å²) in [4.78, 5) is 25.5. The van der Waals surface area contributed by atoms with Gasteiger partial charge < -0.3 is 20.1 Å². The number of nitrogens with one attached hydrogen (secondary N) is 2. The molecule has 1 aromatic heterocycles. The average molecular weight is 461 g/mol. The molecule has 2 heterocycles. The summed E-state index contributed by atoms with van der Waals surface area (Å²) < 4.78 is 12.7. The van der Waals surface area contributed by atoms with Crippen LogP contribution in [-0.4, -0.2) is 35.0 Å². The molecular formula is C26H28N4O4. The summed E-state index contributed by atoms with van der Waals surface area (Å²) in [6.07, 6.45) is 1.54. The van der Waals surface area contributed by atoms with Crippen molar-refractivity contribution in [2.24, 2.45) is 0 Å². The number of carbonyl (C=O) groups is 2. The van der Waals surface area contributed by atoms with Gasteiger partial charge in [0, 0.05) is 23.0 Å². The monoisotopic (exact) mass is 460 g/mol. The third kappa shape index (κ3) is 4.52. The van der Waals surface area contributed by atoms with Gasteiger partial charge in [0.15, 0.2) is 0 Å². The fourth-order valence-electron chi connectivity index (χ4n) is 4.04. The van der Waals surface area contributed by atoms with Crippen LogP contribution in [0, 0.1) is 6.92 Å². The zero-order chi connectivity index (χ0) is 24.4. The number of hydrogen-bond donors (Lipinski definition) is 2. The van der Waals surface area contributed by atoms with Crippen molar-refractivity contribution in [1.29, 1.82) is 0 Å². The van der Waals surface area contributed by atoms with Crippen LogP contribution < -0.4 is 15.4 Å². The SMILES string of the molecule is COc1ccc(-c2nn(-c3ccccc3)cc2[C@H]2NC(=O)NC(C)=C2C(=O)OC(C)C)cc1C. The number of rotatable bonds is 6. The van der Waals surface area contributed by atoms with E-state index in [1.807, 2.05) is 61.7 Å². The summed E-state index contributed by atoms with van der Waals surface area (Å²) in [6, 6.07) is 14.3. The zero-order valence-electron chi connectivity index (χ0n) is 19.9. The second kappa shape index (κ2) is 9.43. The lowest BCUT2D eigenvalue weighted by molar-refractivity contribution is -0.143. The molecule has 2 N–H and O–H groups in total. The van der Waals surface area contributed by atoms with Crippen LogP contribution in [0.5, 0.6) is 5.75 Å². The first-order chi connectivity index (χ1) is 16.3. The fraction of sp³-hybridized carbons (Fsp3) is 0.269. The number of amides is 2. The van der Waals surface area contributed by atoms with Gasteiger partial charge in [-0.1, -0.05) is 18.2 Å². The van der Waals surface area contributed by atoms with Crippen LogP contribution in [0.2, 0.25) is 0 Å². The Balaban J connectivity index is 1.90. The summed E-state index contributed by atoms with van der Waals surface area (Å²) in [5.41, 5.74) is 4.75. The molecule has 0 spiro atoms. The lowest BCUT2D eigenvalue weighted by Gasteiger charge is -2.28. The molecule has 34 heavy (non-hydrogen) atoms. The molecule has 8 heteroatoms. The molecular weight excluding hydrogens is 432 g/mol. The quantitative estimate of drug-likeness (QED) is 0.531. The van der Waals surface area contributed by atoms with Gasteiger partial charge in [0.2, 0.25) is 0 Å². The van der Waals surface area contributed by atoms with Gasteiger partial charge in [-0.25, -0.2) is 14.3 Å². The first kappa shape index (κ1) is 23.1. The Morgan fingerprint density at radius 3 is 2.50 bits per heavy atom. The molecule has 1 atom stereocenters. The van der Waals surface area contributed by atoms with Crippen LogP contribution in [-0.2, 0) is 9.53 Å². The van der Waals surface area contributed by atoms with Gasteiger partial charge in [0.1, 0.15) is 5.75 Å². The number of urea groups is 1. The molecule has 1 aliphatic heterocycles. The Morgan fingerprint density at radius 2 is 1.85 bits per heavy atom. The zero-order valence-corrected chi connectivity index (χ0v) is 19.9. The number of allylic oxidation sites excluding steroid dienone is 1. The van der Waals surface area contributed by atoms with Crippen LogP contribution in [0.4, 0.5) is 4.79 Å². The van der Waals surface area contributed by atoms with Crippen molar-refractivity contribution in [2.45, 2.75) is 39.8 Å². The van der Waals surface area contributed by atoms with Gasteiger partial charge in [-0.2, -0.15) is 5.10 Å². The minimum absolute atomic E-state index is 0.304. The number of aromatic nitrogens is 2. The lowest BCUT2D eigenvalue weighted by atomic mass is 9.93. The largest absolute Gasteiger partial charge is 0.496 e. The maximum atomic E-state index is 13.1. The molecule has 0 saturated heterocycles. The summed E-state index contributed by atoms with van der Waals surface area (Å²) in [7, 11) is 1.63. The van der Waals surface area contributed by atoms with E-state index in [4.69, 9.17) is 14.6 Å². The Morgan fingerprint density at radius 1 is 1.12 bits per heavy atom. The van der Waals surface area contributed by atoms with Crippen molar-refractivity contribution < 1.29 is 19.1 Å². The number of aryl methyl sites for hydroxylation is 1. The minimum atomic E-state index is -0.741. The molecule has 3 aromatic rings. The van der Waals surface area contributed by atoms with Crippen molar-refractivity contribution in [3.05, 3.63) is 77.1 Å². The van der Waals surface area contributed by atoms with E-state index in [0.717, 1.165) is 22.6 Å². The molecule has 0 aliphatic carbocycles. The number of nitrogens with zero attached hydrogens (tertiary/aromatic N) is 2. The van der Waals surface area contributed by atoms with Crippen LogP contribution in [0.15, 0.2) is 66.0 Å². The van der Waals surface area contributed by atoms with E-state index in [9.17, 15) is 9.59 Å².